The van der Waals surface area contributed by atoms with E-state index in [0.717, 1.165) is 31.1 Å². The van der Waals surface area contributed by atoms with Gasteiger partial charge in [-0.1, -0.05) is 23.7 Å². The first-order valence-electron chi connectivity index (χ1n) is 7.38. The Kier molecular flexibility index (Phi) is 6.93. The predicted molar refractivity (Wildman–Crippen MR) is 84.1 cm³/mol. The smallest absolute Gasteiger partial charge is 0.0701 e. The molecule has 1 fully saturated rings. The van der Waals surface area contributed by atoms with Gasteiger partial charge in [-0.2, -0.15) is 0 Å². The van der Waals surface area contributed by atoms with Gasteiger partial charge in [0.1, 0.15) is 0 Å². The van der Waals surface area contributed by atoms with Gasteiger partial charge in [-0.3, -0.25) is 0 Å². The quantitative estimate of drug-likeness (QED) is 0.673. The summed E-state index contributed by atoms with van der Waals surface area (Å²) in [7, 11) is 1.67. The molecule has 1 aromatic carbocycles. The van der Waals surface area contributed by atoms with Crippen LogP contribution in [0.25, 0.3) is 0 Å². The highest BCUT2D eigenvalue weighted by Gasteiger charge is 2.38. The van der Waals surface area contributed by atoms with Crippen LogP contribution >= 0.6 is 11.6 Å². The molecule has 0 atom stereocenters. The number of hydrogen-bond donors (Lipinski definition) is 1. The van der Waals surface area contributed by atoms with E-state index in [4.69, 9.17) is 25.8 Å². The standard InChI is InChI=1S/C16H24ClNO3/c1-19-8-9-21-11-10-20-7-6-16(12-18-13-16)14-2-4-15(17)5-3-14/h2-5,18H,6-13H2,1H3. The lowest BCUT2D eigenvalue weighted by atomic mass is 9.73. The second kappa shape index (κ2) is 8.71. The molecular weight excluding hydrogens is 290 g/mol. The molecule has 5 heteroatoms. The molecule has 1 aliphatic rings. The molecule has 0 radical (unpaired) electrons. The maximum atomic E-state index is 5.96. The van der Waals surface area contributed by atoms with E-state index in [1.807, 2.05) is 12.1 Å². The highest BCUT2D eigenvalue weighted by molar-refractivity contribution is 6.30. The average molecular weight is 314 g/mol. The molecule has 1 saturated heterocycles. The lowest BCUT2D eigenvalue weighted by molar-refractivity contribution is 0.0182. The highest BCUT2D eigenvalue weighted by atomic mass is 35.5. The molecule has 0 unspecified atom stereocenters. The molecule has 0 amide bonds. The first-order chi connectivity index (χ1) is 10.3. The fraction of sp³-hybridized carbons (Fsp3) is 0.625. The largest absolute Gasteiger partial charge is 0.382 e. The van der Waals surface area contributed by atoms with Crippen LogP contribution in [0.5, 0.6) is 0 Å². The predicted octanol–water partition coefficient (Wildman–Crippen LogP) is 2.25. The summed E-state index contributed by atoms with van der Waals surface area (Å²) in [5, 5.41) is 4.15. The van der Waals surface area contributed by atoms with E-state index in [1.54, 1.807) is 7.11 Å². The van der Waals surface area contributed by atoms with Crippen LogP contribution in [0, 0.1) is 0 Å². The minimum atomic E-state index is 0.196. The molecule has 0 bridgehead atoms. The van der Waals surface area contributed by atoms with E-state index in [2.05, 4.69) is 17.4 Å². The number of nitrogens with one attached hydrogen (secondary N) is 1. The van der Waals surface area contributed by atoms with Crippen LogP contribution in [-0.2, 0) is 19.6 Å². The minimum Gasteiger partial charge on any atom is -0.382 e. The van der Waals surface area contributed by atoms with Crippen LogP contribution < -0.4 is 5.32 Å². The molecule has 0 aliphatic carbocycles. The fourth-order valence-electron chi connectivity index (χ4n) is 2.49. The van der Waals surface area contributed by atoms with Gasteiger partial charge in [0.2, 0.25) is 0 Å². The summed E-state index contributed by atoms with van der Waals surface area (Å²) in [5.41, 5.74) is 1.53. The van der Waals surface area contributed by atoms with Crippen molar-refractivity contribution in [1.29, 1.82) is 0 Å². The summed E-state index contributed by atoms with van der Waals surface area (Å²) < 4.78 is 15.9. The van der Waals surface area contributed by atoms with Gasteiger partial charge in [0, 0.05) is 37.2 Å². The first kappa shape index (κ1) is 16.7. The summed E-state index contributed by atoms with van der Waals surface area (Å²) in [6, 6.07) is 8.16. The van der Waals surface area contributed by atoms with Gasteiger partial charge in [0.05, 0.1) is 26.4 Å². The molecule has 0 spiro atoms. The van der Waals surface area contributed by atoms with Crippen LogP contribution in [0.2, 0.25) is 5.02 Å². The van der Waals surface area contributed by atoms with Crippen molar-refractivity contribution in [1.82, 2.24) is 5.32 Å². The third kappa shape index (κ3) is 4.94. The molecule has 0 saturated carbocycles. The molecule has 1 aliphatic heterocycles. The summed E-state index contributed by atoms with van der Waals surface area (Å²) >= 11 is 5.96. The van der Waals surface area contributed by atoms with E-state index in [0.29, 0.717) is 26.4 Å². The molecule has 4 nitrogen and oxygen atoms in total. The van der Waals surface area contributed by atoms with Crippen molar-refractivity contribution in [2.24, 2.45) is 0 Å². The molecule has 118 valence electrons. The van der Waals surface area contributed by atoms with E-state index in [-0.39, 0.29) is 5.41 Å². The molecule has 1 N–H and O–H groups in total. The Labute approximate surface area is 131 Å². The van der Waals surface area contributed by atoms with E-state index < -0.39 is 0 Å². The zero-order chi connectivity index (χ0) is 15.0. The third-order valence-corrected chi connectivity index (χ3v) is 4.16. The summed E-state index contributed by atoms with van der Waals surface area (Å²) in [5.74, 6) is 0. The second-order valence-corrected chi connectivity index (χ2v) is 5.79. The van der Waals surface area contributed by atoms with Crippen LogP contribution in [0.1, 0.15) is 12.0 Å². The van der Waals surface area contributed by atoms with Crippen molar-refractivity contribution >= 4 is 11.6 Å². The molecule has 0 aromatic heterocycles. The van der Waals surface area contributed by atoms with Crippen molar-refractivity contribution in [3.63, 3.8) is 0 Å². The SMILES string of the molecule is COCCOCCOCCC1(c2ccc(Cl)cc2)CNC1. The number of ether oxygens (including phenoxy) is 3. The van der Waals surface area contributed by atoms with Crippen molar-refractivity contribution in [3.8, 4) is 0 Å². The van der Waals surface area contributed by atoms with E-state index in [1.165, 1.54) is 5.56 Å². The molecule has 1 heterocycles. The number of benzene rings is 1. The maximum absolute atomic E-state index is 5.96. The highest BCUT2D eigenvalue weighted by Crippen LogP contribution is 2.32. The number of rotatable bonds is 10. The van der Waals surface area contributed by atoms with E-state index in [9.17, 15) is 0 Å². The van der Waals surface area contributed by atoms with Crippen molar-refractivity contribution in [2.75, 3.05) is 53.2 Å². The summed E-state index contributed by atoms with van der Waals surface area (Å²) in [6.45, 7) is 5.26. The third-order valence-electron chi connectivity index (χ3n) is 3.91. The minimum absolute atomic E-state index is 0.196. The average Bonchev–Trinajstić information content (AvgIpc) is 2.45. The van der Waals surface area contributed by atoms with Crippen molar-refractivity contribution < 1.29 is 14.2 Å². The Morgan fingerprint density at radius 2 is 1.62 bits per heavy atom. The van der Waals surface area contributed by atoms with Crippen LogP contribution in [0.4, 0.5) is 0 Å². The topological polar surface area (TPSA) is 39.7 Å². The van der Waals surface area contributed by atoms with Gasteiger partial charge in [-0.05, 0) is 24.1 Å². The summed E-state index contributed by atoms with van der Waals surface area (Å²) in [6.07, 6.45) is 1.01. The van der Waals surface area contributed by atoms with E-state index >= 15 is 0 Å². The summed E-state index contributed by atoms with van der Waals surface area (Å²) in [4.78, 5) is 0. The lowest BCUT2D eigenvalue weighted by Gasteiger charge is -2.43. The number of hydrogen-bond acceptors (Lipinski definition) is 4. The molecular formula is C16H24ClNO3. The Morgan fingerprint density at radius 3 is 2.19 bits per heavy atom. The first-order valence-corrected chi connectivity index (χ1v) is 7.76. The van der Waals surface area contributed by atoms with Gasteiger partial charge >= 0.3 is 0 Å². The van der Waals surface area contributed by atoms with Crippen molar-refractivity contribution in [2.45, 2.75) is 11.8 Å². The molecule has 1 aromatic rings. The van der Waals surface area contributed by atoms with Gasteiger partial charge in [0.15, 0.2) is 0 Å². The van der Waals surface area contributed by atoms with Crippen LogP contribution in [0.15, 0.2) is 24.3 Å². The van der Waals surface area contributed by atoms with Crippen molar-refractivity contribution in [3.05, 3.63) is 34.9 Å². The second-order valence-electron chi connectivity index (χ2n) is 5.36. The van der Waals surface area contributed by atoms with Gasteiger partial charge in [-0.25, -0.2) is 0 Å². The Hall–Kier alpha value is -0.650. The van der Waals surface area contributed by atoms with Gasteiger partial charge < -0.3 is 19.5 Å². The zero-order valence-corrected chi connectivity index (χ0v) is 13.3. The fourth-order valence-corrected chi connectivity index (χ4v) is 2.61. The van der Waals surface area contributed by atoms with Gasteiger partial charge in [-0.15, -0.1) is 0 Å². The maximum Gasteiger partial charge on any atom is 0.0701 e. The zero-order valence-electron chi connectivity index (χ0n) is 12.6. The Balaban J connectivity index is 1.67. The Morgan fingerprint density at radius 1 is 1.00 bits per heavy atom. The monoisotopic (exact) mass is 313 g/mol. The molecule has 21 heavy (non-hydrogen) atoms. The normalized spacial score (nSPS) is 16.7. The van der Waals surface area contributed by atoms with Crippen LogP contribution in [-0.4, -0.2) is 53.2 Å². The molecule has 2 rings (SSSR count). The Bertz CT molecular complexity index is 406. The number of methoxy groups -OCH3 is 1. The number of halogens is 1. The van der Waals surface area contributed by atoms with Crippen LogP contribution in [0.3, 0.4) is 0 Å². The van der Waals surface area contributed by atoms with Gasteiger partial charge in [0.25, 0.3) is 0 Å². The lowest BCUT2D eigenvalue weighted by Crippen LogP contribution is -2.57.